The third kappa shape index (κ3) is 3.80. The maximum Gasteiger partial charge on any atom is 0.225 e. The normalized spacial score (nSPS) is 21.5. The van der Waals surface area contributed by atoms with Crippen molar-refractivity contribution in [2.75, 3.05) is 31.1 Å². The molecule has 1 amide bonds. The first-order chi connectivity index (χ1) is 10.7. The Bertz CT molecular complexity index is 494. The van der Waals surface area contributed by atoms with Gasteiger partial charge in [0, 0.05) is 37.5 Å². The minimum absolute atomic E-state index is 0.288. The van der Waals surface area contributed by atoms with Gasteiger partial charge in [-0.05, 0) is 26.2 Å². The number of thiazole rings is 1. The van der Waals surface area contributed by atoms with Gasteiger partial charge < -0.3 is 9.80 Å². The van der Waals surface area contributed by atoms with Crippen LogP contribution in [0, 0.1) is 12.8 Å². The molecule has 0 spiro atoms. The number of hydrogen-bond donors (Lipinski definition) is 0. The minimum Gasteiger partial charge on any atom is -0.346 e. The summed E-state index contributed by atoms with van der Waals surface area (Å²) in [4.78, 5) is 21.9. The van der Waals surface area contributed by atoms with Crippen LogP contribution in [-0.4, -0.2) is 42.0 Å². The molecule has 2 fully saturated rings. The van der Waals surface area contributed by atoms with Crippen molar-refractivity contribution in [3.63, 3.8) is 0 Å². The van der Waals surface area contributed by atoms with Crippen molar-refractivity contribution in [3.8, 4) is 0 Å². The van der Waals surface area contributed by atoms with Crippen LogP contribution >= 0.6 is 11.3 Å². The standard InChI is InChI=1S/C17H27N3OS/c1-14-13-22-17(18-14)20-10-6-9-19(11-12-20)16(21)15-7-4-2-3-5-8-15/h13,15H,2-12H2,1H3. The van der Waals surface area contributed by atoms with Gasteiger partial charge in [-0.3, -0.25) is 4.79 Å². The predicted molar refractivity (Wildman–Crippen MR) is 91.5 cm³/mol. The van der Waals surface area contributed by atoms with Gasteiger partial charge in [-0.2, -0.15) is 0 Å². The summed E-state index contributed by atoms with van der Waals surface area (Å²) in [6.45, 7) is 5.75. The predicted octanol–water partition coefficient (Wildman–Crippen LogP) is 3.46. The largest absolute Gasteiger partial charge is 0.346 e. The molecule has 1 aromatic rings. The Labute approximate surface area is 137 Å². The summed E-state index contributed by atoms with van der Waals surface area (Å²) < 4.78 is 0. The van der Waals surface area contributed by atoms with E-state index in [1.54, 1.807) is 11.3 Å². The van der Waals surface area contributed by atoms with Gasteiger partial charge in [-0.25, -0.2) is 4.98 Å². The van der Waals surface area contributed by atoms with Crippen molar-refractivity contribution in [1.29, 1.82) is 0 Å². The van der Waals surface area contributed by atoms with E-state index in [1.165, 1.54) is 25.7 Å². The van der Waals surface area contributed by atoms with Crippen molar-refractivity contribution >= 4 is 22.4 Å². The summed E-state index contributed by atoms with van der Waals surface area (Å²) >= 11 is 1.72. The number of aryl methyl sites for hydroxylation is 1. The maximum atomic E-state index is 12.8. The van der Waals surface area contributed by atoms with E-state index in [9.17, 15) is 4.79 Å². The Morgan fingerprint density at radius 3 is 2.55 bits per heavy atom. The Morgan fingerprint density at radius 2 is 1.86 bits per heavy atom. The van der Waals surface area contributed by atoms with E-state index < -0.39 is 0 Å². The Balaban J connectivity index is 1.58. The number of rotatable bonds is 2. The fourth-order valence-corrected chi connectivity index (χ4v) is 4.46. The molecular weight excluding hydrogens is 294 g/mol. The Morgan fingerprint density at radius 1 is 1.09 bits per heavy atom. The number of anilines is 1. The van der Waals surface area contributed by atoms with Gasteiger partial charge >= 0.3 is 0 Å². The van der Waals surface area contributed by atoms with Gasteiger partial charge in [-0.1, -0.05) is 25.7 Å². The SMILES string of the molecule is Cc1csc(N2CCCN(C(=O)C3CCCCCC3)CC2)n1. The number of carbonyl (C=O) groups is 1. The van der Waals surface area contributed by atoms with Gasteiger partial charge in [0.2, 0.25) is 5.91 Å². The van der Waals surface area contributed by atoms with Gasteiger partial charge in [0.1, 0.15) is 0 Å². The molecule has 5 heteroatoms. The van der Waals surface area contributed by atoms with Crippen molar-refractivity contribution in [2.45, 2.75) is 51.9 Å². The molecule has 0 aromatic carbocycles. The third-order valence-electron chi connectivity index (χ3n) is 4.89. The van der Waals surface area contributed by atoms with Crippen LogP contribution in [-0.2, 0) is 4.79 Å². The molecule has 0 N–H and O–H groups in total. The van der Waals surface area contributed by atoms with E-state index >= 15 is 0 Å². The smallest absolute Gasteiger partial charge is 0.225 e. The topological polar surface area (TPSA) is 36.4 Å². The second-order valence-electron chi connectivity index (χ2n) is 6.63. The van der Waals surface area contributed by atoms with Crippen LogP contribution in [0.2, 0.25) is 0 Å². The Hall–Kier alpha value is -1.10. The molecule has 2 aliphatic rings. The first-order valence-electron chi connectivity index (χ1n) is 8.70. The lowest BCUT2D eigenvalue weighted by Crippen LogP contribution is -2.39. The molecule has 4 nitrogen and oxygen atoms in total. The molecule has 2 heterocycles. The van der Waals surface area contributed by atoms with Crippen LogP contribution in [0.15, 0.2) is 5.38 Å². The lowest BCUT2D eigenvalue weighted by Gasteiger charge is -2.25. The van der Waals surface area contributed by atoms with Crippen LogP contribution in [0.25, 0.3) is 0 Å². The number of nitrogens with zero attached hydrogens (tertiary/aromatic N) is 3. The Kier molecular flexibility index (Phi) is 5.34. The lowest BCUT2D eigenvalue weighted by atomic mass is 9.98. The highest BCUT2D eigenvalue weighted by Gasteiger charge is 2.27. The van der Waals surface area contributed by atoms with E-state index in [-0.39, 0.29) is 5.92 Å². The van der Waals surface area contributed by atoms with Crippen molar-refractivity contribution in [2.24, 2.45) is 5.92 Å². The molecule has 1 saturated heterocycles. The molecule has 0 atom stereocenters. The highest BCUT2D eigenvalue weighted by atomic mass is 32.1. The first-order valence-corrected chi connectivity index (χ1v) is 9.58. The summed E-state index contributed by atoms with van der Waals surface area (Å²) in [5.74, 6) is 0.704. The zero-order valence-corrected chi connectivity index (χ0v) is 14.4. The quantitative estimate of drug-likeness (QED) is 0.783. The summed E-state index contributed by atoms with van der Waals surface area (Å²) in [7, 11) is 0. The number of aromatic nitrogens is 1. The van der Waals surface area contributed by atoms with Crippen LogP contribution < -0.4 is 4.90 Å². The number of carbonyl (C=O) groups excluding carboxylic acids is 1. The van der Waals surface area contributed by atoms with Crippen LogP contribution in [0.4, 0.5) is 5.13 Å². The minimum atomic E-state index is 0.288. The van der Waals surface area contributed by atoms with Crippen LogP contribution in [0.1, 0.15) is 50.6 Å². The molecule has 1 aromatic heterocycles. The van der Waals surface area contributed by atoms with E-state index in [0.29, 0.717) is 5.91 Å². The first kappa shape index (κ1) is 15.8. The van der Waals surface area contributed by atoms with Crippen molar-refractivity contribution in [3.05, 3.63) is 11.1 Å². The summed E-state index contributed by atoms with van der Waals surface area (Å²) in [6, 6.07) is 0. The van der Waals surface area contributed by atoms with E-state index in [1.807, 2.05) is 6.92 Å². The van der Waals surface area contributed by atoms with Gasteiger partial charge in [0.05, 0.1) is 5.69 Å². The molecule has 1 aliphatic carbocycles. The fraction of sp³-hybridized carbons (Fsp3) is 0.765. The average Bonchev–Trinajstić information content (AvgIpc) is 2.77. The van der Waals surface area contributed by atoms with E-state index in [0.717, 1.165) is 56.3 Å². The fourth-order valence-electron chi connectivity index (χ4n) is 3.60. The van der Waals surface area contributed by atoms with Gasteiger partial charge in [-0.15, -0.1) is 11.3 Å². The highest BCUT2D eigenvalue weighted by Crippen LogP contribution is 2.26. The van der Waals surface area contributed by atoms with E-state index in [2.05, 4.69) is 20.2 Å². The molecule has 0 radical (unpaired) electrons. The number of hydrogen-bond acceptors (Lipinski definition) is 4. The zero-order chi connectivity index (χ0) is 15.4. The molecular formula is C17H27N3OS. The average molecular weight is 321 g/mol. The molecule has 122 valence electrons. The van der Waals surface area contributed by atoms with E-state index in [4.69, 9.17) is 0 Å². The van der Waals surface area contributed by atoms with Gasteiger partial charge in [0.15, 0.2) is 5.13 Å². The van der Waals surface area contributed by atoms with Crippen LogP contribution in [0.5, 0.6) is 0 Å². The molecule has 22 heavy (non-hydrogen) atoms. The highest BCUT2D eigenvalue weighted by molar-refractivity contribution is 7.13. The van der Waals surface area contributed by atoms with Crippen molar-refractivity contribution < 1.29 is 4.79 Å². The second kappa shape index (κ2) is 7.44. The summed E-state index contributed by atoms with van der Waals surface area (Å²) in [5, 5.41) is 3.22. The van der Waals surface area contributed by atoms with Gasteiger partial charge in [0.25, 0.3) is 0 Å². The molecule has 3 rings (SSSR count). The lowest BCUT2D eigenvalue weighted by molar-refractivity contribution is -0.135. The summed E-state index contributed by atoms with van der Waals surface area (Å²) in [6.07, 6.45) is 8.33. The summed E-state index contributed by atoms with van der Waals surface area (Å²) in [5.41, 5.74) is 1.09. The zero-order valence-electron chi connectivity index (χ0n) is 13.6. The molecule has 0 bridgehead atoms. The third-order valence-corrected chi connectivity index (χ3v) is 5.91. The second-order valence-corrected chi connectivity index (χ2v) is 7.46. The van der Waals surface area contributed by atoms with Crippen LogP contribution in [0.3, 0.4) is 0 Å². The maximum absolute atomic E-state index is 12.8. The van der Waals surface area contributed by atoms with Crippen molar-refractivity contribution in [1.82, 2.24) is 9.88 Å². The molecule has 1 aliphatic heterocycles. The molecule has 1 saturated carbocycles. The monoisotopic (exact) mass is 321 g/mol. The molecule has 0 unspecified atom stereocenters. The number of amides is 1.